The van der Waals surface area contributed by atoms with Crippen molar-refractivity contribution < 1.29 is 10.0 Å². The summed E-state index contributed by atoms with van der Waals surface area (Å²) < 4.78 is 0. The van der Waals surface area contributed by atoms with Gasteiger partial charge in [0.25, 0.3) is 0 Å². The van der Waals surface area contributed by atoms with Crippen LogP contribution >= 0.6 is 23.8 Å². The lowest BCUT2D eigenvalue weighted by atomic mass is 10.2. The highest BCUT2D eigenvalue weighted by Crippen LogP contribution is 2.32. The summed E-state index contributed by atoms with van der Waals surface area (Å²) in [6, 6.07) is 2.56. The number of hydrogen-bond donors (Lipinski definition) is 3. The summed E-state index contributed by atoms with van der Waals surface area (Å²) in [5.74, 6) is -0.507. The molecule has 0 aliphatic rings. The fraction of sp³-hybridized carbons (Fsp3) is 0.273. The second-order valence-corrected chi connectivity index (χ2v) is 4.96. The molecule has 0 aliphatic heterocycles. The number of phenolic OH excluding ortho intramolecular Hbond substituents is 1. The van der Waals surface area contributed by atoms with Crippen molar-refractivity contribution >= 4 is 40.8 Å². The van der Waals surface area contributed by atoms with E-state index in [9.17, 15) is 15.2 Å². The number of rotatable bonds is 4. The van der Waals surface area contributed by atoms with Crippen LogP contribution in [0.25, 0.3) is 0 Å². The Morgan fingerprint density at radius 1 is 1.60 bits per heavy atom. The van der Waals surface area contributed by atoms with Gasteiger partial charge < -0.3 is 10.4 Å². The molecule has 1 aromatic rings. The highest BCUT2D eigenvalue weighted by atomic mass is 35.5. The third kappa shape index (κ3) is 4.63. The predicted molar refractivity (Wildman–Crippen MR) is 81.4 cm³/mol. The lowest BCUT2D eigenvalue weighted by Crippen LogP contribution is -2.36. The second-order valence-electron chi connectivity index (χ2n) is 4.12. The Morgan fingerprint density at radius 2 is 2.25 bits per heavy atom. The molecule has 0 fully saturated rings. The summed E-state index contributed by atoms with van der Waals surface area (Å²) in [5, 5.41) is 27.5. The number of nitrogens with zero attached hydrogens (tertiary/aromatic N) is 2. The lowest BCUT2D eigenvalue weighted by molar-refractivity contribution is -0.385. The molecular formula is C11H13ClN4O3S. The van der Waals surface area contributed by atoms with Gasteiger partial charge in [0.15, 0.2) is 5.11 Å². The highest BCUT2D eigenvalue weighted by molar-refractivity contribution is 7.80. The van der Waals surface area contributed by atoms with E-state index in [4.69, 9.17) is 23.8 Å². The Labute approximate surface area is 125 Å². The fourth-order valence-corrected chi connectivity index (χ4v) is 1.81. The van der Waals surface area contributed by atoms with E-state index >= 15 is 0 Å². The van der Waals surface area contributed by atoms with Crippen LogP contribution in [0.3, 0.4) is 0 Å². The molecule has 20 heavy (non-hydrogen) atoms. The van der Waals surface area contributed by atoms with E-state index in [1.54, 1.807) is 0 Å². The van der Waals surface area contributed by atoms with Gasteiger partial charge in [0.2, 0.25) is 5.75 Å². The van der Waals surface area contributed by atoms with Crippen LogP contribution in [0.4, 0.5) is 5.69 Å². The SMILES string of the molecule is CC(C)NC(=S)N/N=C\c1cc(Cl)cc([N+](=O)[O-])c1O. The van der Waals surface area contributed by atoms with Crippen LogP contribution in [0.1, 0.15) is 19.4 Å². The Kier molecular flexibility index (Phi) is 5.66. The van der Waals surface area contributed by atoms with E-state index in [1.807, 2.05) is 13.8 Å². The highest BCUT2D eigenvalue weighted by Gasteiger charge is 2.17. The van der Waals surface area contributed by atoms with E-state index in [2.05, 4.69) is 15.8 Å². The minimum atomic E-state index is -0.725. The van der Waals surface area contributed by atoms with Crippen LogP contribution in [0.5, 0.6) is 5.75 Å². The van der Waals surface area contributed by atoms with E-state index in [0.29, 0.717) is 5.11 Å². The van der Waals surface area contributed by atoms with Gasteiger partial charge in [-0.05, 0) is 32.1 Å². The zero-order valence-electron chi connectivity index (χ0n) is 10.8. The molecule has 0 unspecified atom stereocenters. The number of hydrazone groups is 1. The molecule has 1 aromatic carbocycles. The number of halogens is 1. The number of thiocarbonyl (C=S) groups is 1. The lowest BCUT2D eigenvalue weighted by Gasteiger charge is -2.09. The van der Waals surface area contributed by atoms with Crippen LogP contribution in [0.15, 0.2) is 17.2 Å². The quantitative estimate of drug-likeness (QED) is 0.341. The summed E-state index contributed by atoms with van der Waals surface area (Å²) >= 11 is 10.7. The van der Waals surface area contributed by atoms with Crippen LogP contribution < -0.4 is 10.7 Å². The average Bonchev–Trinajstić information content (AvgIpc) is 2.31. The number of nitro benzene ring substituents is 1. The summed E-state index contributed by atoms with van der Waals surface area (Å²) in [6.07, 6.45) is 1.20. The number of benzene rings is 1. The topological polar surface area (TPSA) is 99.8 Å². The summed E-state index contributed by atoms with van der Waals surface area (Å²) in [5.41, 5.74) is 2.15. The van der Waals surface area contributed by atoms with Gasteiger partial charge >= 0.3 is 5.69 Å². The van der Waals surface area contributed by atoms with Gasteiger partial charge in [-0.1, -0.05) is 11.6 Å². The third-order valence-corrected chi connectivity index (χ3v) is 2.50. The molecule has 0 atom stereocenters. The van der Waals surface area contributed by atoms with Gasteiger partial charge in [0, 0.05) is 22.7 Å². The van der Waals surface area contributed by atoms with Crippen molar-refractivity contribution in [3.8, 4) is 5.75 Å². The van der Waals surface area contributed by atoms with Crippen molar-refractivity contribution in [1.29, 1.82) is 0 Å². The van der Waals surface area contributed by atoms with Crippen LogP contribution in [0, 0.1) is 10.1 Å². The van der Waals surface area contributed by atoms with E-state index in [-0.39, 0.29) is 16.6 Å². The standard InChI is InChI=1S/C11H13ClN4O3S/c1-6(2)14-11(20)15-13-5-7-3-8(12)4-9(10(7)17)16(18)19/h3-6,17H,1-2H3,(H2,14,15,20)/b13-5-. The van der Waals surface area contributed by atoms with E-state index < -0.39 is 16.4 Å². The average molecular weight is 317 g/mol. The van der Waals surface area contributed by atoms with Crippen LogP contribution in [-0.4, -0.2) is 27.4 Å². The summed E-state index contributed by atoms with van der Waals surface area (Å²) in [4.78, 5) is 10.0. The Bertz CT molecular complexity index is 563. The van der Waals surface area contributed by atoms with Crippen molar-refractivity contribution in [1.82, 2.24) is 10.7 Å². The van der Waals surface area contributed by atoms with Crippen LogP contribution in [-0.2, 0) is 0 Å². The molecule has 0 aliphatic carbocycles. The summed E-state index contributed by atoms with van der Waals surface area (Å²) in [6.45, 7) is 3.81. The van der Waals surface area contributed by atoms with Gasteiger partial charge in [-0.3, -0.25) is 15.5 Å². The molecule has 1 rings (SSSR count). The maximum absolute atomic E-state index is 10.7. The van der Waals surface area contributed by atoms with Crippen molar-refractivity contribution in [3.63, 3.8) is 0 Å². The zero-order chi connectivity index (χ0) is 15.3. The number of nitro groups is 1. The van der Waals surface area contributed by atoms with E-state index in [0.717, 1.165) is 6.07 Å². The van der Waals surface area contributed by atoms with Crippen molar-refractivity contribution in [2.75, 3.05) is 0 Å². The molecule has 3 N–H and O–H groups in total. The molecule has 0 saturated heterocycles. The largest absolute Gasteiger partial charge is 0.502 e. The Morgan fingerprint density at radius 3 is 2.80 bits per heavy atom. The number of nitrogens with one attached hydrogen (secondary N) is 2. The maximum atomic E-state index is 10.7. The molecule has 9 heteroatoms. The minimum absolute atomic E-state index is 0.115. The molecule has 0 radical (unpaired) electrons. The van der Waals surface area contributed by atoms with Gasteiger partial charge in [0.05, 0.1) is 11.1 Å². The molecular weight excluding hydrogens is 304 g/mol. The molecule has 108 valence electrons. The molecule has 0 spiro atoms. The molecule has 0 heterocycles. The maximum Gasteiger partial charge on any atom is 0.312 e. The first-order valence-electron chi connectivity index (χ1n) is 5.57. The molecule has 0 saturated carbocycles. The number of aromatic hydroxyl groups is 1. The van der Waals surface area contributed by atoms with Crippen molar-refractivity contribution in [2.24, 2.45) is 5.10 Å². The molecule has 0 aromatic heterocycles. The third-order valence-electron chi connectivity index (χ3n) is 2.07. The van der Waals surface area contributed by atoms with Crippen molar-refractivity contribution in [2.45, 2.75) is 19.9 Å². The van der Waals surface area contributed by atoms with Gasteiger partial charge in [-0.2, -0.15) is 5.10 Å². The Hall–Kier alpha value is -1.93. The number of phenols is 1. The molecule has 0 amide bonds. The van der Waals surface area contributed by atoms with Gasteiger partial charge in [-0.15, -0.1) is 0 Å². The minimum Gasteiger partial charge on any atom is -0.502 e. The molecule has 7 nitrogen and oxygen atoms in total. The predicted octanol–water partition coefficient (Wildman–Crippen LogP) is 2.16. The summed E-state index contributed by atoms with van der Waals surface area (Å²) in [7, 11) is 0. The number of hydrogen-bond acceptors (Lipinski definition) is 5. The van der Waals surface area contributed by atoms with Crippen molar-refractivity contribution in [3.05, 3.63) is 32.8 Å². The first-order chi connectivity index (χ1) is 9.31. The second kappa shape index (κ2) is 7.01. The Balaban J connectivity index is 2.87. The normalized spacial score (nSPS) is 10.8. The fourth-order valence-electron chi connectivity index (χ4n) is 1.30. The van der Waals surface area contributed by atoms with E-state index in [1.165, 1.54) is 12.3 Å². The smallest absolute Gasteiger partial charge is 0.312 e. The van der Waals surface area contributed by atoms with Gasteiger partial charge in [0.1, 0.15) is 0 Å². The first-order valence-corrected chi connectivity index (χ1v) is 6.36. The monoisotopic (exact) mass is 316 g/mol. The zero-order valence-corrected chi connectivity index (χ0v) is 12.3. The van der Waals surface area contributed by atoms with Gasteiger partial charge in [-0.25, -0.2) is 0 Å². The first kappa shape index (κ1) is 16.1. The van der Waals surface area contributed by atoms with Crippen LogP contribution in [0.2, 0.25) is 5.02 Å². The molecule has 0 bridgehead atoms.